The number of morpholine rings is 1. The summed E-state index contributed by atoms with van der Waals surface area (Å²) in [5, 5.41) is 8.82. The Balaban J connectivity index is 2.00. The lowest BCUT2D eigenvalue weighted by atomic mass is 10.2. The van der Waals surface area contributed by atoms with Crippen LogP contribution in [0.25, 0.3) is 0 Å². The SMILES string of the molecule is N#CC1CN(Cc2ccccc2Br)CCO1. The van der Waals surface area contributed by atoms with Gasteiger partial charge in [-0.05, 0) is 11.6 Å². The van der Waals surface area contributed by atoms with Crippen molar-refractivity contribution in [1.82, 2.24) is 4.90 Å². The first-order valence-corrected chi connectivity index (χ1v) is 6.06. The van der Waals surface area contributed by atoms with Gasteiger partial charge in [0, 0.05) is 24.1 Å². The van der Waals surface area contributed by atoms with E-state index in [1.807, 2.05) is 18.2 Å². The molecule has 0 bridgehead atoms. The third-order valence-electron chi connectivity index (χ3n) is 2.65. The molecule has 2 rings (SSSR count). The lowest BCUT2D eigenvalue weighted by Crippen LogP contribution is -2.41. The Bertz CT molecular complexity index is 402. The number of halogens is 1. The summed E-state index contributed by atoms with van der Waals surface area (Å²) in [6, 6.07) is 10.3. The molecule has 1 aromatic rings. The van der Waals surface area contributed by atoms with Gasteiger partial charge >= 0.3 is 0 Å². The van der Waals surface area contributed by atoms with Crippen molar-refractivity contribution in [2.75, 3.05) is 19.7 Å². The first-order valence-electron chi connectivity index (χ1n) is 5.26. The summed E-state index contributed by atoms with van der Waals surface area (Å²) in [5.41, 5.74) is 1.25. The Kier molecular flexibility index (Phi) is 3.94. The van der Waals surface area contributed by atoms with Crippen molar-refractivity contribution < 1.29 is 4.74 Å². The molecule has 1 saturated heterocycles. The molecule has 0 amide bonds. The van der Waals surface area contributed by atoms with Gasteiger partial charge in [0.25, 0.3) is 0 Å². The predicted octanol–water partition coefficient (Wildman–Crippen LogP) is 2.17. The Morgan fingerprint density at radius 3 is 3.06 bits per heavy atom. The van der Waals surface area contributed by atoms with Crippen LogP contribution in [-0.2, 0) is 11.3 Å². The Hall–Kier alpha value is -0.890. The molecule has 1 fully saturated rings. The van der Waals surface area contributed by atoms with Crippen molar-refractivity contribution in [1.29, 1.82) is 5.26 Å². The molecule has 84 valence electrons. The topological polar surface area (TPSA) is 36.3 Å². The maximum absolute atomic E-state index is 8.82. The van der Waals surface area contributed by atoms with Gasteiger partial charge in [-0.3, -0.25) is 4.90 Å². The van der Waals surface area contributed by atoms with E-state index in [9.17, 15) is 0 Å². The number of rotatable bonds is 2. The van der Waals surface area contributed by atoms with Gasteiger partial charge in [-0.15, -0.1) is 0 Å². The molecule has 0 saturated carbocycles. The highest BCUT2D eigenvalue weighted by Gasteiger charge is 2.20. The second-order valence-electron chi connectivity index (χ2n) is 3.82. The molecular weight excluding hydrogens is 268 g/mol. The summed E-state index contributed by atoms with van der Waals surface area (Å²) in [6.45, 7) is 3.09. The van der Waals surface area contributed by atoms with Gasteiger partial charge < -0.3 is 4.74 Å². The Morgan fingerprint density at radius 1 is 1.50 bits per heavy atom. The second kappa shape index (κ2) is 5.44. The zero-order valence-electron chi connectivity index (χ0n) is 8.90. The summed E-state index contributed by atoms with van der Waals surface area (Å²) in [7, 11) is 0. The lowest BCUT2D eigenvalue weighted by molar-refractivity contribution is -0.00276. The minimum atomic E-state index is -0.281. The normalized spacial score (nSPS) is 21.6. The van der Waals surface area contributed by atoms with Crippen LogP contribution in [0.1, 0.15) is 5.56 Å². The summed E-state index contributed by atoms with van der Waals surface area (Å²) in [4.78, 5) is 2.25. The molecular formula is C12H13BrN2O. The van der Waals surface area contributed by atoms with Gasteiger partial charge in [0.1, 0.15) is 0 Å². The Morgan fingerprint density at radius 2 is 2.31 bits per heavy atom. The molecule has 0 aromatic heterocycles. The van der Waals surface area contributed by atoms with E-state index >= 15 is 0 Å². The average Bonchev–Trinajstić information content (AvgIpc) is 2.32. The molecule has 0 N–H and O–H groups in total. The predicted molar refractivity (Wildman–Crippen MR) is 64.8 cm³/mol. The molecule has 4 heteroatoms. The number of nitriles is 1. The van der Waals surface area contributed by atoms with E-state index < -0.39 is 0 Å². The number of hydrogen-bond donors (Lipinski definition) is 0. The van der Waals surface area contributed by atoms with Crippen LogP contribution >= 0.6 is 15.9 Å². The molecule has 1 heterocycles. The summed E-state index contributed by atoms with van der Waals surface area (Å²) < 4.78 is 6.43. The third-order valence-corrected chi connectivity index (χ3v) is 3.42. The summed E-state index contributed by atoms with van der Waals surface area (Å²) in [6.07, 6.45) is -0.281. The molecule has 1 aliphatic heterocycles. The van der Waals surface area contributed by atoms with Crippen LogP contribution in [0.15, 0.2) is 28.7 Å². The van der Waals surface area contributed by atoms with Crippen LogP contribution in [-0.4, -0.2) is 30.7 Å². The van der Waals surface area contributed by atoms with E-state index in [1.165, 1.54) is 5.56 Å². The van der Waals surface area contributed by atoms with E-state index in [0.717, 1.165) is 17.6 Å². The molecule has 1 atom stereocenters. The fourth-order valence-electron chi connectivity index (χ4n) is 1.79. The molecule has 1 aliphatic rings. The zero-order chi connectivity index (χ0) is 11.4. The van der Waals surface area contributed by atoms with Crippen LogP contribution in [0.4, 0.5) is 0 Å². The summed E-state index contributed by atoms with van der Waals surface area (Å²) >= 11 is 3.53. The quantitative estimate of drug-likeness (QED) is 0.833. The Labute approximate surface area is 104 Å². The number of ether oxygens (including phenoxy) is 1. The van der Waals surface area contributed by atoms with E-state index in [1.54, 1.807) is 0 Å². The van der Waals surface area contributed by atoms with E-state index in [-0.39, 0.29) is 6.10 Å². The van der Waals surface area contributed by atoms with Crippen molar-refractivity contribution in [2.45, 2.75) is 12.6 Å². The maximum Gasteiger partial charge on any atom is 0.156 e. The van der Waals surface area contributed by atoms with Crippen LogP contribution in [0.2, 0.25) is 0 Å². The fourth-order valence-corrected chi connectivity index (χ4v) is 2.20. The van der Waals surface area contributed by atoms with Gasteiger partial charge in [-0.25, -0.2) is 0 Å². The molecule has 0 spiro atoms. The first-order chi connectivity index (χ1) is 7.79. The van der Waals surface area contributed by atoms with Crippen LogP contribution in [0.5, 0.6) is 0 Å². The average molecular weight is 281 g/mol. The van der Waals surface area contributed by atoms with Gasteiger partial charge in [0.15, 0.2) is 6.10 Å². The van der Waals surface area contributed by atoms with Crippen molar-refractivity contribution in [3.63, 3.8) is 0 Å². The fraction of sp³-hybridized carbons (Fsp3) is 0.417. The van der Waals surface area contributed by atoms with E-state index in [0.29, 0.717) is 13.2 Å². The van der Waals surface area contributed by atoms with Gasteiger partial charge in [0.2, 0.25) is 0 Å². The number of nitrogens with zero attached hydrogens (tertiary/aromatic N) is 2. The van der Waals surface area contributed by atoms with Gasteiger partial charge in [-0.1, -0.05) is 34.1 Å². The highest BCUT2D eigenvalue weighted by molar-refractivity contribution is 9.10. The van der Waals surface area contributed by atoms with Crippen molar-refractivity contribution >= 4 is 15.9 Å². The van der Waals surface area contributed by atoms with Gasteiger partial charge in [-0.2, -0.15) is 5.26 Å². The molecule has 0 radical (unpaired) electrons. The largest absolute Gasteiger partial charge is 0.361 e. The highest BCUT2D eigenvalue weighted by atomic mass is 79.9. The lowest BCUT2D eigenvalue weighted by Gasteiger charge is -2.29. The standard InChI is InChI=1S/C12H13BrN2O/c13-12-4-2-1-3-10(12)8-15-5-6-16-11(7-14)9-15/h1-4,11H,5-6,8-9H2. The van der Waals surface area contributed by atoms with E-state index in [4.69, 9.17) is 10.00 Å². The summed E-state index contributed by atoms with van der Waals surface area (Å²) in [5.74, 6) is 0. The van der Waals surface area contributed by atoms with Crippen molar-refractivity contribution in [2.24, 2.45) is 0 Å². The first kappa shape index (κ1) is 11.6. The molecule has 1 unspecified atom stereocenters. The highest BCUT2D eigenvalue weighted by Crippen LogP contribution is 2.18. The van der Waals surface area contributed by atoms with Crippen LogP contribution in [0.3, 0.4) is 0 Å². The molecule has 0 aliphatic carbocycles. The van der Waals surface area contributed by atoms with Crippen molar-refractivity contribution in [3.8, 4) is 6.07 Å². The van der Waals surface area contributed by atoms with Crippen LogP contribution < -0.4 is 0 Å². The monoisotopic (exact) mass is 280 g/mol. The second-order valence-corrected chi connectivity index (χ2v) is 4.67. The minimum absolute atomic E-state index is 0.281. The molecule has 1 aromatic carbocycles. The third kappa shape index (κ3) is 2.82. The number of benzene rings is 1. The maximum atomic E-state index is 8.82. The zero-order valence-corrected chi connectivity index (χ0v) is 10.5. The van der Waals surface area contributed by atoms with Crippen molar-refractivity contribution in [3.05, 3.63) is 34.3 Å². The number of hydrogen-bond acceptors (Lipinski definition) is 3. The molecule has 3 nitrogen and oxygen atoms in total. The smallest absolute Gasteiger partial charge is 0.156 e. The van der Waals surface area contributed by atoms with Gasteiger partial charge in [0.05, 0.1) is 12.7 Å². The minimum Gasteiger partial charge on any atom is -0.361 e. The van der Waals surface area contributed by atoms with E-state index in [2.05, 4.69) is 33.0 Å². The molecule has 16 heavy (non-hydrogen) atoms. The van der Waals surface area contributed by atoms with Crippen LogP contribution in [0, 0.1) is 11.3 Å².